The van der Waals surface area contributed by atoms with Gasteiger partial charge in [0.1, 0.15) is 0 Å². The Hall–Kier alpha value is -3.41. The second-order valence-electron chi connectivity index (χ2n) is 9.93. The highest BCUT2D eigenvalue weighted by Gasteiger charge is 2.32. The molecule has 1 N–H and O–H groups in total. The lowest BCUT2D eigenvalue weighted by Crippen LogP contribution is -2.50. The van der Waals surface area contributed by atoms with E-state index in [1.165, 1.54) is 49.8 Å². The summed E-state index contributed by atoms with van der Waals surface area (Å²) in [7, 11) is 0. The maximum absolute atomic E-state index is 12.7. The number of nitrogens with zero attached hydrogens (tertiary/aromatic N) is 2. The number of anilines is 1. The van der Waals surface area contributed by atoms with Crippen LogP contribution < -0.4 is 5.32 Å². The lowest BCUT2D eigenvalue weighted by atomic mass is 9.84. The SMILES string of the molecule is O=C(C=CC(=O)N1CCC(N2Cc3ccccc3NC2=O)CC1)c1ccc(C2CCCCC2)cc1. The van der Waals surface area contributed by atoms with Gasteiger partial charge in [-0.25, -0.2) is 4.79 Å². The summed E-state index contributed by atoms with van der Waals surface area (Å²) in [5.74, 6) is 0.315. The number of amides is 3. The average molecular weight is 472 g/mol. The highest BCUT2D eigenvalue weighted by molar-refractivity contribution is 6.07. The molecular weight excluding hydrogens is 438 g/mol. The second kappa shape index (κ2) is 10.5. The van der Waals surface area contributed by atoms with Gasteiger partial charge in [-0.3, -0.25) is 9.59 Å². The molecule has 35 heavy (non-hydrogen) atoms. The fourth-order valence-corrected chi connectivity index (χ4v) is 5.62. The van der Waals surface area contributed by atoms with Crippen molar-refractivity contribution in [2.24, 2.45) is 0 Å². The van der Waals surface area contributed by atoms with Crippen LogP contribution in [0.4, 0.5) is 10.5 Å². The van der Waals surface area contributed by atoms with Gasteiger partial charge in [-0.2, -0.15) is 0 Å². The third kappa shape index (κ3) is 5.31. The maximum Gasteiger partial charge on any atom is 0.322 e. The molecule has 1 saturated heterocycles. The summed E-state index contributed by atoms with van der Waals surface area (Å²) in [6, 6.07) is 15.8. The van der Waals surface area contributed by atoms with Crippen molar-refractivity contribution in [2.45, 2.75) is 63.5 Å². The highest BCUT2D eigenvalue weighted by Crippen LogP contribution is 2.32. The molecule has 3 amide bonds. The van der Waals surface area contributed by atoms with Crippen LogP contribution in [0.3, 0.4) is 0 Å². The van der Waals surface area contributed by atoms with Crippen molar-refractivity contribution in [1.82, 2.24) is 9.80 Å². The van der Waals surface area contributed by atoms with E-state index in [-0.39, 0.29) is 23.8 Å². The zero-order valence-corrected chi connectivity index (χ0v) is 20.1. The second-order valence-corrected chi connectivity index (χ2v) is 9.93. The van der Waals surface area contributed by atoms with E-state index in [0.29, 0.717) is 31.1 Å². The number of piperidine rings is 1. The number of hydrogen-bond donors (Lipinski definition) is 1. The quantitative estimate of drug-likeness (QED) is 0.462. The first-order valence-electron chi connectivity index (χ1n) is 12.9. The Kier molecular flexibility index (Phi) is 6.98. The number of ketones is 1. The van der Waals surface area contributed by atoms with Crippen LogP contribution in [-0.2, 0) is 11.3 Å². The third-order valence-electron chi connectivity index (χ3n) is 7.73. The molecular formula is C29H33N3O3. The zero-order valence-electron chi connectivity index (χ0n) is 20.1. The Balaban J connectivity index is 1.12. The number of likely N-dealkylation sites (tertiary alicyclic amines) is 1. The lowest BCUT2D eigenvalue weighted by Gasteiger charge is -2.40. The van der Waals surface area contributed by atoms with Crippen molar-refractivity contribution in [3.8, 4) is 0 Å². The van der Waals surface area contributed by atoms with E-state index < -0.39 is 0 Å². The standard InChI is InChI=1S/C29H33N3O3/c33-27(23-12-10-22(11-13-23)21-6-2-1-3-7-21)14-15-28(34)31-18-16-25(17-19-31)32-20-24-8-4-5-9-26(24)30-29(32)35/h4-5,8-15,21,25H,1-3,6-7,16-20H2,(H,30,35). The number of fused-ring (bicyclic) bond motifs is 1. The molecule has 0 bridgehead atoms. The Bertz CT molecular complexity index is 1110. The van der Waals surface area contributed by atoms with E-state index in [4.69, 9.17) is 0 Å². The van der Waals surface area contributed by atoms with E-state index in [2.05, 4.69) is 17.4 Å². The van der Waals surface area contributed by atoms with E-state index >= 15 is 0 Å². The zero-order chi connectivity index (χ0) is 24.2. The van der Waals surface area contributed by atoms with Gasteiger partial charge in [-0.1, -0.05) is 61.7 Å². The van der Waals surface area contributed by atoms with Crippen LogP contribution in [0.5, 0.6) is 0 Å². The normalized spacial score (nSPS) is 19.5. The lowest BCUT2D eigenvalue weighted by molar-refractivity contribution is -0.127. The van der Waals surface area contributed by atoms with Crippen molar-refractivity contribution in [2.75, 3.05) is 18.4 Å². The smallest absolute Gasteiger partial charge is 0.322 e. The van der Waals surface area contributed by atoms with E-state index in [0.717, 1.165) is 24.1 Å². The number of rotatable bonds is 5. The molecule has 6 nitrogen and oxygen atoms in total. The predicted octanol–water partition coefficient (Wildman–Crippen LogP) is 5.51. The van der Waals surface area contributed by atoms with Gasteiger partial charge in [0.2, 0.25) is 5.91 Å². The summed E-state index contributed by atoms with van der Waals surface area (Å²) in [4.78, 5) is 41.5. The molecule has 182 valence electrons. The van der Waals surface area contributed by atoms with Gasteiger partial charge in [0.05, 0.1) is 0 Å². The van der Waals surface area contributed by atoms with Crippen molar-refractivity contribution in [3.05, 3.63) is 77.4 Å². The van der Waals surface area contributed by atoms with Gasteiger partial charge in [0.15, 0.2) is 5.78 Å². The summed E-state index contributed by atoms with van der Waals surface area (Å²) >= 11 is 0. The predicted molar refractivity (Wildman–Crippen MR) is 136 cm³/mol. The minimum Gasteiger partial charge on any atom is -0.339 e. The molecule has 2 aromatic rings. The van der Waals surface area contributed by atoms with Crippen LogP contribution in [-0.4, -0.2) is 46.7 Å². The monoisotopic (exact) mass is 471 g/mol. The summed E-state index contributed by atoms with van der Waals surface area (Å²) in [5, 5.41) is 2.97. The summed E-state index contributed by atoms with van der Waals surface area (Å²) < 4.78 is 0. The van der Waals surface area contributed by atoms with Gasteiger partial charge in [-0.15, -0.1) is 0 Å². The fourth-order valence-electron chi connectivity index (χ4n) is 5.62. The Morgan fingerprint density at radius 1 is 0.857 bits per heavy atom. The highest BCUT2D eigenvalue weighted by atomic mass is 16.2. The molecule has 0 atom stereocenters. The van der Waals surface area contributed by atoms with Crippen LogP contribution in [0.2, 0.25) is 0 Å². The largest absolute Gasteiger partial charge is 0.339 e. The number of allylic oxidation sites excluding steroid dienone is 1. The number of benzene rings is 2. The molecule has 1 saturated carbocycles. The van der Waals surface area contributed by atoms with E-state index in [1.807, 2.05) is 41.3 Å². The van der Waals surface area contributed by atoms with Crippen molar-refractivity contribution in [1.29, 1.82) is 0 Å². The Labute approximate surface area is 207 Å². The van der Waals surface area contributed by atoms with Crippen LogP contribution in [0, 0.1) is 0 Å². The molecule has 2 heterocycles. The molecule has 0 aromatic heterocycles. The molecule has 5 rings (SSSR count). The fraction of sp³-hybridized carbons (Fsp3) is 0.414. The molecule has 3 aliphatic rings. The Morgan fingerprint density at radius 2 is 1.57 bits per heavy atom. The minimum atomic E-state index is -0.149. The van der Waals surface area contributed by atoms with Crippen LogP contribution in [0.1, 0.15) is 72.3 Å². The number of carbonyl (C=O) groups is 3. The van der Waals surface area contributed by atoms with Crippen LogP contribution in [0.25, 0.3) is 0 Å². The van der Waals surface area contributed by atoms with Crippen LogP contribution >= 0.6 is 0 Å². The maximum atomic E-state index is 12.7. The first-order chi connectivity index (χ1) is 17.1. The van der Waals surface area contributed by atoms with Gasteiger partial charge in [0.25, 0.3) is 0 Å². The third-order valence-corrected chi connectivity index (χ3v) is 7.73. The van der Waals surface area contributed by atoms with Gasteiger partial charge in [-0.05, 0) is 54.9 Å². The number of hydrogen-bond acceptors (Lipinski definition) is 3. The molecule has 2 aliphatic heterocycles. The van der Waals surface area contributed by atoms with Crippen molar-refractivity contribution < 1.29 is 14.4 Å². The van der Waals surface area contributed by atoms with Crippen molar-refractivity contribution >= 4 is 23.4 Å². The van der Waals surface area contributed by atoms with E-state index in [9.17, 15) is 14.4 Å². The summed E-state index contributed by atoms with van der Waals surface area (Å²) in [5.41, 5.74) is 3.91. The van der Waals surface area contributed by atoms with Gasteiger partial charge in [0, 0.05) is 43.0 Å². The number of carbonyl (C=O) groups excluding carboxylic acids is 3. The summed E-state index contributed by atoms with van der Waals surface area (Å²) in [6.45, 7) is 1.74. The summed E-state index contributed by atoms with van der Waals surface area (Å²) in [6.07, 6.45) is 10.6. The first-order valence-corrected chi connectivity index (χ1v) is 12.9. The molecule has 0 unspecified atom stereocenters. The minimum absolute atomic E-state index is 0.0755. The molecule has 0 radical (unpaired) electrons. The first kappa shape index (κ1) is 23.3. The Morgan fingerprint density at radius 3 is 2.31 bits per heavy atom. The van der Waals surface area contributed by atoms with E-state index in [1.54, 1.807) is 4.90 Å². The topological polar surface area (TPSA) is 69.7 Å². The molecule has 1 aliphatic carbocycles. The number of nitrogens with one attached hydrogen (secondary N) is 1. The average Bonchev–Trinajstić information content (AvgIpc) is 2.92. The molecule has 2 aromatic carbocycles. The molecule has 6 heteroatoms. The number of urea groups is 1. The molecule has 2 fully saturated rings. The van der Waals surface area contributed by atoms with Gasteiger partial charge >= 0.3 is 6.03 Å². The van der Waals surface area contributed by atoms with Crippen molar-refractivity contribution in [3.63, 3.8) is 0 Å². The van der Waals surface area contributed by atoms with Gasteiger partial charge < -0.3 is 15.1 Å². The number of para-hydroxylation sites is 1. The van der Waals surface area contributed by atoms with Crippen LogP contribution in [0.15, 0.2) is 60.7 Å². The molecule has 0 spiro atoms.